The van der Waals surface area contributed by atoms with Gasteiger partial charge in [-0.15, -0.1) is 0 Å². The Morgan fingerprint density at radius 2 is 2.14 bits per heavy atom. The maximum absolute atomic E-state index is 9.54. The first-order valence-corrected chi connectivity index (χ1v) is 8.09. The number of nitrogens with zero attached hydrogens (tertiary/aromatic N) is 3. The Balaban J connectivity index is 1.98. The lowest BCUT2D eigenvalue weighted by Gasteiger charge is -2.40. The van der Waals surface area contributed by atoms with Gasteiger partial charge in [0.15, 0.2) is 0 Å². The van der Waals surface area contributed by atoms with Crippen LogP contribution in [0.3, 0.4) is 0 Å². The first-order valence-electron chi connectivity index (χ1n) is 8.09. The van der Waals surface area contributed by atoms with Crippen LogP contribution < -0.4 is 10.2 Å². The van der Waals surface area contributed by atoms with Crippen molar-refractivity contribution < 1.29 is 0 Å². The predicted octanol–water partition coefficient (Wildman–Crippen LogP) is 2.68. The summed E-state index contributed by atoms with van der Waals surface area (Å²) in [6.45, 7) is 6.18. The zero-order valence-corrected chi connectivity index (χ0v) is 13.0. The van der Waals surface area contributed by atoms with Gasteiger partial charge in [-0.3, -0.25) is 0 Å². The second-order valence-electron chi connectivity index (χ2n) is 6.35. The van der Waals surface area contributed by atoms with Crippen molar-refractivity contribution in [2.24, 2.45) is 0 Å². The molecule has 0 aromatic carbocycles. The number of aromatic nitrogens is 1. The van der Waals surface area contributed by atoms with Crippen molar-refractivity contribution in [1.82, 2.24) is 10.3 Å². The minimum atomic E-state index is 0.488. The summed E-state index contributed by atoms with van der Waals surface area (Å²) in [4.78, 5) is 7.13. The lowest BCUT2D eigenvalue weighted by Crippen LogP contribution is -2.51. The first kappa shape index (κ1) is 14.3. The molecule has 3 heterocycles. The summed E-state index contributed by atoms with van der Waals surface area (Å²) in [5, 5.41) is 13.2. The Kier molecular flexibility index (Phi) is 4.12. The summed E-state index contributed by atoms with van der Waals surface area (Å²) in [6, 6.07) is 5.43. The van der Waals surface area contributed by atoms with E-state index in [-0.39, 0.29) is 0 Å². The first-order chi connectivity index (χ1) is 10.2. The Hall–Kier alpha value is -1.60. The molecule has 1 aromatic heterocycles. The topological polar surface area (TPSA) is 52.0 Å². The van der Waals surface area contributed by atoms with E-state index in [0.29, 0.717) is 12.1 Å². The number of rotatable bonds is 2. The molecule has 2 fully saturated rings. The molecule has 2 atom stereocenters. The van der Waals surface area contributed by atoms with Crippen LogP contribution in [0.2, 0.25) is 0 Å². The fourth-order valence-electron chi connectivity index (χ4n) is 3.84. The summed E-state index contributed by atoms with van der Waals surface area (Å²) in [7, 11) is 0. The van der Waals surface area contributed by atoms with Crippen LogP contribution in [0.4, 0.5) is 5.82 Å². The van der Waals surface area contributed by atoms with Crippen LogP contribution in [0.15, 0.2) is 6.07 Å². The molecule has 112 valence electrons. The van der Waals surface area contributed by atoms with Crippen molar-refractivity contribution in [3.8, 4) is 6.07 Å². The average Bonchev–Trinajstić information content (AvgIpc) is 3.00. The summed E-state index contributed by atoms with van der Waals surface area (Å²) < 4.78 is 0. The zero-order valence-electron chi connectivity index (χ0n) is 13.0. The molecule has 2 unspecified atom stereocenters. The van der Waals surface area contributed by atoms with Crippen molar-refractivity contribution in [2.75, 3.05) is 18.0 Å². The van der Waals surface area contributed by atoms with Crippen LogP contribution in [0, 0.1) is 25.2 Å². The molecule has 21 heavy (non-hydrogen) atoms. The zero-order chi connectivity index (χ0) is 14.8. The van der Waals surface area contributed by atoms with Gasteiger partial charge in [-0.25, -0.2) is 4.98 Å². The van der Waals surface area contributed by atoms with Gasteiger partial charge in [-0.1, -0.05) is 0 Å². The van der Waals surface area contributed by atoms with Crippen LogP contribution in [0.5, 0.6) is 0 Å². The number of nitrogens with one attached hydrogen (secondary N) is 1. The van der Waals surface area contributed by atoms with E-state index >= 15 is 0 Å². The molecule has 2 aliphatic rings. The van der Waals surface area contributed by atoms with Gasteiger partial charge < -0.3 is 10.2 Å². The fraction of sp³-hybridized carbons (Fsp3) is 0.647. The summed E-state index contributed by atoms with van der Waals surface area (Å²) in [6.07, 6.45) is 6.19. The molecule has 1 aromatic rings. The predicted molar refractivity (Wildman–Crippen MR) is 84.4 cm³/mol. The lowest BCUT2D eigenvalue weighted by molar-refractivity contribution is 0.376. The second kappa shape index (κ2) is 6.03. The third-order valence-electron chi connectivity index (χ3n) is 4.82. The van der Waals surface area contributed by atoms with Gasteiger partial charge in [-0.05, 0) is 64.1 Å². The van der Waals surface area contributed by atoms with Crippen molar-refractivity contribution in [1.29, 1.82) is 5.26 Å². The van der Waals surface area contributed by atoms with Gasteiger partial charge in [0.05, 0.1) is 5.56 Å². The molecule has 3 rings (SSSR count). The minimum Gasteiger partial charge on any atom is -0.351 e. The number of hydrogen-bond donors (Lipinski definition) is 1. The van der Waals surface area contributed by atoms with Crippen molar-refractivity contribution in [2.45, 2.75) is 58.0 Å². The van der Waals surface area contributed by atoms with E-state index < -0.39 is 0 Å². The monoisotopic (exact) mass is 284 g/mol. The highest BCUT2D eigenvalue weighted by Crippen LogP contribution is 2.31. The SMILES string of the molecule is Cc1cc(C)c(C#N)c(N2CCCCC2C2CCCN2)n1. The van der Waals surface area contributed by atoms with Crippen molar-refractivity contribution in [3.63, 3.8) is 0 Å². The number of nitriles is 1. The molecule has 0 aliphatic carbocycles. The van der Waals surface area contributed by atoms with Gasteiger partial charge in [0.25, 0.3) is 0 Å². The van der Waals surface area contributed by atoms with E-state index in [9.17, 15) is 5.26 Å². The number of pyridine rings is 1. The molecule has 4 nitrogen and oxygen atoms in total. The molecular weight excluding hydrogens is 260 g/mol. The molecule has 0 amide bonds. The van der Waals surface area contributed by atoms with Gasteiger partial charge in [-0.2, -0.15) is 5.26 Å². The standard InChI is InChI=1S/C17H24N4/c1-12-10-13(2)20-17(14(12)11-18)21-9-4-3-7-16(21)15-6-5-8-19-15/h10,15-16,19H,3-9H2,1-2H3. The highest BCUT2D eigenvalue weighted by molar-refractivity contribution is 5.59. The Labute approximate surface area is 127 Å². The molecule has 0 bridgehead atoms. The lowest BCUT2D eigenvalue weighted by atomic mass is 9.93. The summed E-state index contributed by atoms with van der Waals surface area (Å²) in [5.41, 5.74) is 2.81. The Bertz CT molecular complexity index is 555. The maximum Gasteiger partial charge on any atom is 0.147 e. The third-order valence-corrected chi connectivity index (χ3v) is 4.82. The summed E-state index contributed by atoms with van der Waals surface area (Å²) >= 11 is 0. The largest absolute Gasteiger partial charge is 0.351 e. The third kappa shape index (κ3) is 2.75. The normalized spacial score (nSPS) is 25.9. The van der Waals surface area contributed by atoms with E-state index in [1.807, 2.05) is 19.9 Å². The van der Waals surface area contributed by atoms with Crippen molar-refractivity contribution in [3.05, 3.63) is 22.9 Å². The molecule has 4 heteroatoms. The smallest absolute Gasteiger partial charge is 0.147 e. The highest BCUT2D eigenvalue weighted by Gasteiger charge is 2.33. The maximum atomic E-state index is 9.54. The number of anilines is 1. The van der Waals surface area contributed by atoms with Crippen LogP contribution in [0.1, 0.15) is 48.9 Å². The molecule has 0 spiro atoms. The van der Waals surface area contributed by atoms with Crippen LogP contribution in [0.25, 0.3) is 0 Å². The number of hydrogen-bond acceptors (Lipinski definition) is 4. The van der Waals surface area contributed by atoms with Crippen LogP contribution in [-0.4, -0.2) is 30.2 Å². The van der Waals surface area contributed by atoms with Gasteiger partial charge in [0, 0.05) is 24.3 Å². The van der Waals surface area contributed by atoms with E-state index in [0.717, 1.165) is 35.7 Å². The number of aryl methyl sites for hydroxylation is 2. The molecule has 2 saturated heterocycles. The Morgan fingerprint density at radius 3 is 2.86 bits per heavy atom. The van der Waals surface area contributed by atoms with Gasteiger partial charge in [0.1, 0.15) is 11.9 Å². The van der Waals surface area contributed by atoms with E-state index in [4.69, 9.17) is 4.98 Å². The molecule has 0 saturated carbocycles. The van der Waals surface area contributed by atoms with Gasteiger partial charge >= 0.3 is 0 Å². The highest BCUT2D eigenvalue weighted by atomic mass is 15.2. The second-order valence-corrected chi connectivity index (χ2v) is 6.35. The quantitative estimate of drug-likeness (QED) is 0.907. The van der Waals surface area contributed by atoms with Crippen LogP contribution >= 0.6 is 0 Å². The number of piperidine rings is 1. The van der Waals surface area contributed by atoms with Gasteiger partial charge in [0.2, 0.25) is 0 Å². The van der Waals surface area contributed by atoms with E-state index in [2.05, 4.69) is 16.3 Å². The van der Waals surface area contributed by atoms with Crippen molar-refractivity contribution >= 4 is 5.82 Å². The summed E-state index contributed by atoms with van der Waals surface area (Å²) in [5.74, 6) is 0.911. The van der Waals surface area contributed by atoms with E-state index in [1.54, 1.807) is 0 Å². The Morgan fingerprint density at radius 1 is 1.29 bits per heavy atom. The molecule has 0 radical (unpaired) electrons. The van der Waals surface area contributed by atoms with Crippen LogP contribution in [-0.2, 0) is 0 Å². The fourth-order valence-corrected chi connectivity index (χ4v) is 3.84. The minimum absolute atomic E-state index is 0.488. The van der Waals surface area contributed by atoms with E-state index in [1.165, 1.54) is 32.1 Å². The molecule has 1 N–H and O–H groups in total. The molecule has 2 aliphatic heterocycles. The molecular formula is C17H24N4. The average molecular weight is 284 g/mol.